The van der Waals surface area contributed by atoms with Crippen LogP contribution in [-0.2, 0) is 14.8 Å². The van der Waals surface area contributed by atoms with Crippen molar-refractivity contribution in [3.63, 3.8) is 0 Å². The van der Waals surface area contributed by atoms with Crippen LogP contribution in [0.25, 0.3) is 6.08 Å². The molecular formula is C12H14FNO4S2. The molecule has 20 heavy (non-hydrogen) atoms. The second-order valence-corrected chi connectivity index (χ2v) is 6.47. The quantitative estimate of drug-likeness (QED) is 0.589. The minimum absolute atomic E-state index is 0.212. The van der Waals surface area contributed by atoms with Gasteiger partial charge in [0.1, 0.15) is 10.7 Å². The summed E-state index contributed by atoms with van der Waals surface area (Å²) in [7, 11) is -3.89. The van der Waals surface area contributed by atoms with Crippen LogP contribution < -0.4 is 4.72 Å². The topological polar surface area (TPSA) is 83.5 Å². The van der Waals surface area contributed by atoms with Gasteiger partial charge in [0, 0.05) is 18.4 Å². The Hall–Kier alpha value is -1.38. The fourth-order valence-corrected chi connectivity index (χ4v) is 2.89. The van der Waals surface area contributed by atoms with E-state index < -0.39 is 26.7 Å². The first-order chi connectivity index (χ1) is 9.36. The van der Waals surface area contributed by atoms with Crippen LogP contribution in [0.5, 0.6) is 0 Å². The predicted octanol–water partition coefficient (Wildman–Crippen LogP) is 1.56. The number of carboxylic acid groups (broad SMARTS) is 1. The van der Waals surface area contributed by atoms with Crippen molar-refractivity contribution in [3.8, 4) is 0 Å². The van der Waals surface area contributed by atoms with Gasteiger partial charge >= 0.3 is 5.97 Å². The molecule has 0 aliphatic carbocycles. The summed E-state index contributed by atoms with van der Waals surface area (Å²) < 4.78 is 39.7. The molecule has 1 aromatic rings. The maximum Gasteiger partial charge on any atom is 0.328 e. The van der Waals surface area contributed by atoms with Crippen LogP contribution in [-0.4, -0.2) is 38.0 Å². The van der Waals surface area contributed by atoms with Crippen LogP contribution in [0, 0.1) is 5.82 Å². The largest absolute Gasteiger partial charge is 0.478 e. The number of hydrogen-bond donors (Lipinski definition) is 2. The van der Waals surface area contributed by atoms with Gasteiger partial charge in [-0.3, -0.25) is 0 Å². The molecule has 0 aromatic heterocycles. The summed E-state index contributed by atoms with van der Waals surface area (Å²) in [6, 6.07) is 3.42. The Morgan fingerprint density at radius 1 is 1.50 bits per heavy atom. The van der Waals surface area contributed by atoms with E-state index in [2.05, 4.69) is 4.72 Å². The molecule has 0 atom stereocenters. The molecular weight excluding hydrogens is 305 g/mol. The van der Waals surface area contributed by atoms with Crippen LogP contribution in [0.4, 0.5) is 4.39 Å². The van der Waals surface area contributed by atoms with Gasteiger partial charge in [0.05, 0.1) is 0 Å². The number of sulfonamides is 1. The molecule has 0 amide bonds. The average molecular weight is 319 g/mol. The Labute approximate surface area is 120 Å². The van der Waals surface area contributed by atoms with E-state index in [1.54, 1.807) is 0 Å². The van der Waals surface area contributed by atoms with Crippen molar-refractivity contribution in [2.45, 2.75) is 4.90 Å². The van der Waals surface area contributed by atoms with Gasteiger partial charge < -0.3 is 5.11 Å². The van der Waals surface area contributed by atoms with Gasteiger partial charge in [-0.1, -0.05) is 6.07 Å². The smallest absolute Gasteiger partial charge is 0.328 e. The van der Waals surface area contributed by atoms with Gasteiger partial charge in [-0.25, -0.2) is 22.3 Å². The molecule has 5 nitrogen and oxygen atoms in total. The zero-order valence-electron chi connectivity index (χ0n) is 10.7. The van der Waals surface area contributed by atoms with E-state index in [0.717, 1.165) is 18.2 Å². The zero-order chi connectivity index (χ0) is 15.2. The SMILES string of the molecule is CSCCNS(=O)(=O)c1ccc(/C=C/C(=O)O)cc1F. The third-order valence-corrected chi connectivity index (χ3v) is 4.37. The second kappa shape index (κ2) is 7.41. The normalized spacial score (nSPS) is 11.9. The molecule has 2 N–H and O–H groups in total. The summed E-state index contributed by atoms with van der Waals surface area (Å²) in [6.45, 7) is 0.212. The van der Waals surface area contributed by atoms with Crippen molar-refractivity contribution in [3.05, 3.63) is 35.7 Å². The molecule has 0 saturated carbocycles. The zero-order valence-corrected chi connectivity index (χ0v) is 12.3. The van der Waals surface area contributed by atoms with Gasteiger partial charge in [0.25, 0.3) is 0 Å². The van der Waals surface area contributed by atoms with Crippen molar-refractivity contribution in [1.82, 2.24) is 4.72 Å². The second-order valence-electron chi connectivity index (χ2n) is 3.75. The third-order valence-electron chi connectivity index (χ3n) is 2.26. The first kappa shape index (κ1) is 16.7. The van der Waals surface area contributed by atoms with Gasteiger partial charge in [-0.15, -0.1) is 0 Å². The lowest BCUT2D eigenvalue weighted by Gasteiger charge is -2.07. The van der Waals surface area contributed by atoms with E-state index in [1.807, 2.05) is 6.26 Å². The molecule has 0 heterocycles. The molecule has 0 unspecified atom stereocenters. The molecule has 0 fully saturated rings. The molecule has 0 bridgehead atoms. The number of hydrogen-bond acceptors (Lipinski definition) is 4. The lowest BCUT2D eigenvalue weighted by atomic mass is 10.2. The van der Waals surface area contributed by atoms with Gasteiger partial charge in [0.2, 0.25) is 10.0 Å². The van der Waals surface area contributed by atoms with Crippen molar-refractivity contribution in [1.29, 1.82) is 0 Å². The fraction of sp³-hybridized carbons (Fsp3) is 0.250. The van der Waals surface area contributed by atoms with Crippen LogP contribution in [0.15, 0.2) is 29.2 Å². The van der Waals surface area contributed by atoms with Crippen molar-refractivity contribution in [2.24, 2.45) is 0 Å². The van der Waals surface area contributed by atoms with E-state index in [-0.39, 0.29) is 12.1 Å². The minimum Gasteiger partial charge on any atom is -0.478 e. The highest BCUT2D eigenvalue weighted by atomic mass is 32.2. The summed E-state index contributed by atoms with van der Waals surface area (Å²) in [4.78, 5) is 9.89. The highest BCUT2D eigenvalue weighted by molar-refractivity contribution is 7.98. The molecule has 0 spiro atoms. The predicted molar refractivity (Wildman–Crippen MR) is 76.6 cm³/mol. The van der Waals surface area contributed by atoms with E-state index >= 15 is 0 Å². The monoisotopic (exact) mass is 319 g/mol. The highest BCUT2D eigenvalue weighted by Gasteiger charge is 2.18. The van der Waals surface area contributed by atoms with Crippen LogP contribution in [0.3, 0.4) is 0 Å². The molecule has 8 heteroatoms. The molecule has 1 rings (SSSR count). The number of carbonyl (C=O) groups is 1. The van der Waals surface area contributed by atoms with Crippen LogP contribution in [0.1, 0.15) is 5.56 Å². The number of carboxylic acids is 1. The Kier molecular flexibility index (Phi) is 6.18. The molecule has 110 valence electrons. The van der Waals surface area contributed by atoms with Gasteiger partial charge in [0.15, 0.2) is 0 Å². The number of halogens is 1. The third kappa shape index (κ3) is 4.95. The number of thioether (sulfide) groups is 1. The van der Waals surface area contributed by atoms with Gasteiger partial charge in [-0.05, 0) is 30.0 Å². The Morgan fingerprint density at radius 3 is 2.75 bits per heavy atom. The lowest BCUT2D eigenvalue weighted by Crippen LogP contribution is -2.26. The average Bonchev–Trinajstić information content (AvgIpc) is 2.36. The Morgan fingerprint density at radius 2 is 2.20 bits per heavy atom. The standard InChI is InChI=1S/C12H14FNO4S2/c1-19-7-6-14-20(17,18)11-4-2-9(8-10(11)13)3-5-12(15)16/h2-5,8,14H,6-7H2,1H3,(H,15,16)/b5-3+. The maximum atomic E-state index is 13.8. The van der Waals surface area contributed by atoms with Crippen molar-refractivity contribution in [2.75, 3.05) is 18.6 Å². The molecule has 0 aliphatic rings. The van der Waals surface area contributed by atoms with E-state index in [4.69, 9.17) is 5.11 Å². The van der Waals surface area contributed by atoms with Crippen molar-refractivity contribution < 1.29 is 22.7 Å². The van der Waals surface area contributed by atoms with E-state index in [1.165, 1.54) is 23.9 Å². The molecule has 0 saturated heterocycles. The molecule has 0 aliphatic heterocycles. The van der Waals surface area contributed by atoms with Gasteiger partial charge in [-0.2, -0.15) is 11.8 Å². The number of aliphatic carboxylic acids is 1. The maximum absolute atomic E-state index is 13.8. The summed E-state index contributed by atoms with van der Waals surface area (Å²) in [6.07, 6.45) is 3.86. The van der Waals surface area contributed by atoms with Crippen molar-refractivity contribution >= 4 is 33.8 Å². The molecule has 0 radical (unpaired) electrons. The van der Waals surface area contributed by atoms with Crippen LogP contribution in [0.2, 0.25) is 0 Å². The van der Waals surface area contributed by atoms with E-state index in [9.17, 15) is 17.6 Å². The molecule has 1 aromatic carbocycles. The minimum atomic E-state index is -3.89. The summed E-state index contributed by atoms with van der Waals surface area (Å²) in [5, 5.41) is 8.46. The first-order valence-corrected chi connectivity index (χ1v) is 8.43. The summed E-state index contributed by atoms with van der Waals surface area (Å²) >= 11 is 1.47. The first-order valence-electron chi connectivity index (χ1n) is 5.56. The summed E-state index contributed by atoms with van der Waals surface area (Å²) in [5.74, 6) is -1.50. The fourth-order valence-electron chi connectivity index (χ4n) is 1.36. The lowest BCUT2D eigenvalue weighted by molar-refractivity contribution is -0.131. The van der Waals surface area contributed by atoms with E-state index in [0.29, 0.717) is 5.75 Å². The number of rotatable bonds is 7. The number of benzene rings is 1. The summed E-state index contributed by atoms with van der Waals surface area (Å²) in [5.41, 5.74) is 0.271. The van der Waals surface area contributed by atoms with Crippen LogP contribution >= 0.6 is 11.8 Å². The number of nitrogens with one attached hydrogen (secondary N) is 1. The highest BCUT2D eigenvalue weighted by Crippen LogP contribution is 2.16. The Balaban J connectivity index is 2.95. The Bertz CT molecular complexity index is 614.